The molecule has 0 radical (unpaired) electrons. The molecule has 1 fully saturated rings. The fourth-order valence-electron chi connectivity index (χ4n) is 1.32. The van der Waals surface area contributed by atoms with Gasteiger partial charge in [0.1, 0.15) is 6.04 Å². The summed E-state index contributed by atoms with van der Waals surface area (Å²) in [5.41, 5.74) is -0.321. The fraction of sp³-hybridized carbons (Fsp3) is 0.800. The molecule has 2 amide bonds. The minimum absolute atomic E-state index is 0.0182. The highest BCUT2D eigenvalue weighted by molar-refractivity contribution is 5.90. The van der Waals surface area contributed by atoms with Gasteiger partial charge in [-0.25, -0.2) is 0 Å². The molecular formula is C10H18N2O3. The maximum absolute atomic E-state index is 11.5. The van der Waals surface area contributed by atoms with Gasteiger partial charge >= 0.3 is 0 Å². The van der Waals surface area contributed by atoms with Crippen molar-refractivity contribution < 1.29 is 14.7 Å². The molecule has 1 atom stereocenters. The standard InChI is InChI=1S/C10H18N2O3/c1-10(2,6-13)5-11-9(15)7-3-4-8(14)12-7/h7,13H,3-6H2,1-2H3,(H,11,15)(H,12,14)/t7-/m0/s1. The monoisotopic (exact) mass is 214 g/mol. The van der Waals surface area contributed by atoms with Crippen molar-refractivity contribution in [2.75, 3.05) is 13.2 Å². The Hall–Kier alpha value is -1.10. The smallest absolute Gasteiger partial charge is 0.242 e. The van der Waals surface area contributed by atoms with Crippen LogP contribution in [0.4, 0.5) is 0 Å². The van der Waals surface area contributed by atoms with Gasteiger partial charge < -0.3 is 15.7 Å². The molecule has 15 heavy (non-hydrogen) atoms. The second-order valence-electron chi connectivity index (χ2n) is 4.70. The van der Waals surface area contributed by atoms with Crippen LogP contribution in [0.15, 0.2) is 0 Å². The fourth-order valence-corrected chi connectivity index (χ4v) is 1.32. The molecule has 5 heteroatoms. The van der Waals surface area contributed by atoms with E-state index in [2.05, 4.69) is 10.6 Å². The summed E-state index contributed by atoms with van der Waals surface area (Å²) in [6, 6.07) is -0.396. The van der Waals surface area contributed by atoms with Gasteiger partial charge in [-0.3, -0.25) is 9.59 Å². The third-order valence-corrected chi connectivity index (χ3v) is 2.48. The zero-order valence-electron chi connectivity index (χ0n) is 9.17. The molecule has 3 N–H and O–H groups in total. The van der Waals surface area contributed by atoms with Crippen LogP contribution in [-0.4, -0.2) is 36.1 Å². The van der Waals surface area contributed by atoms with Crippen molar-refractivity contribution in [1.29, 1.82) is 0 Å². The van der Waals surface area contributed by atoms with Crippen LogP contribution in [0.5, 0.6) is 0 Å². The van der Waals surface area contributed by atoms with Crippen LogP contribution >= 0.6 is 0 Å². The lowest BCUT2D eigenvalue weighted by molar-refractivity contribution is -0.126. The van der Waals surface area contributed by atoms with Crippen LogP contribution < -0.4 is 10.6 Å². The van der Waals surface area contributed by atoms with Crippen molar-refractivity contribution >= 4 is 11.8 Å². The number of aliphatic hydroxyl groups is 1. The quantitative estimate of drug-likeness (QED) is 0.584. The number of rotatable bonds is 4. The number of carbonyl (C=O) groups is 2. The average Bonchev–Trinajstić information content (AvgIpc) is 2.61. The number of amides is 2. The van der Waals surface area contributed by atoms with Crippen LogP contribution in [-0.2, 0) is 9.59 Å². The van der Waals surface area contributed by atoms with E-state index in [0.29, 0.717) is 19.4 Å². The molecular weight excluding hydrogens is 196 g/mol. The molecule has 0 aromatic rings. The second-order valence-corrected chi connectivity index (χ2v) is 4.70. The summed E-state index contributed by atoms with van der Waals surface area (Å²) >= 11 is 0. The molecule has 1 heterocycles. The molecule has 1 rings (SSSR count). The van der Waals surface area contributed by atoms with E-state index in [1.165, 1.54) is 0 Å². The third kappa shape index (κ3) is 3.51. The lowest BCUT2D eigenvalue weighted by Gasteiger charge is -2.22. The highest BCUT2D eigenvalue weighted by Gasteiger charge is 2.28. The highest BCUT2D eigenvalue weighted by Crippen LogP contribution is 2.12. The van der Waals surface area contributed by atoms with Gasteiger partial charge in [0.05, 0.1) is 0 Å². The molecule has 0 unspecified atom stereocenters. The Morgan fingerprint density at radius 1 is 1.67 bits per heavy atom. The first-order valence-corrected chi connectivity index (χ1v) is 5.12. The van der Waals surface area contributed by atoms with E-state index in [9.17, 15) is 9.59 Å². The first-order chi connectivity index (χ1) is 6.94. The van der Waals surface area contributed by atoms with E-state index in [1.807, 2.05) is 13.8 Å². The summed E-state index contributed by atoms with van der Waals surface area (Å²) in [5, 5.41) is 14.3. The van der Waals surface area contributed by atoms with Gasteiger partial charge in [0, 0.05) is 25.0 Å². The summed E-state index contributed by atoms with van der Waals surface area (Å²) < 4.78 is 0. The number of hydrogen-bond donors (Lipinski definition) is 3. The molecule has 0 spiro atoms. The lowest BCUT2D eigenvalue weighted by Crippen LogP contribution is -2.45. The maximum Gasteiger partial charge on any atom is 0.242 e. The molecule has 0 aromatic carbocycles. The zero-order chi connectivity index (χ0) is 11.5. The van der Waals surface area contributed by atoms with Crippen LogP contribution in [0.1, 0.15) is 26.7 Å². The highest BCUT2D eigenvalue weighted by atomic mass is 16.3. The Morgan fingerprint density at radius 3 is 2.80 bits per heavy atom. The van der Waals surface area contributed by atoms with E-state index < -0.39 is 6.04 Å². The molecule has 1 saturated heterocycles. The second kappa shape index (κ2) is 4.61. The van der Waals surface area contributed by atoms with Crippen LogP contribution in [0.2, 0.25) is 0 Å². The van der Waals surface area contributed by atoms with Gasteiger partial charge in [-0.05, 0) is 6.42 Å². The Bertz CT molecular complexity index is 263. The topological polar surface area (TPSA) is 78.4 Å². The third-order valence-electron chi connectivity index (χ3n) is 2.48. The predicted molar refractivity (Wildman–Crippen MR) is 55.0 cm³/mol. The summed E-state index contributed by atoms with van der Waals surface area (Å²) in [4.78, 5) is 22.4. The molecule has 0 aliphatic carbocycles. The number of nitrogens with one attached hydrogen (secondary N) is 2. The zero-order valence-corrected chi connectivity index (χ0v) is 9.17. The van der Waals surface area contributed by atoms with Gasteiger partial charge in [-0.15, -0.1) is 0 Å². The Morgan fingerprint density at radius 2 is 2.33 bits per heavy atom. The average molecular weight is 214 g/mol. The van der Waals surface area contributed by atoms with Gasteiger partial charge in [0.15, 0.2) is 0 Å². The lowest BCUT2D eigenvalue weighted by atomic mass is 9.95. The Balaban J connectivity index is 2.33. The van der Waals surface area contributed by atoms with Crippen molar-refractivity contribution in [2.45, 2.75) is 32.7 Å². The van der Waals surface area contributed by atoms with Crippen molar-refractivity contribution in [2.24, 2.45) is 5.41 Å². The Labute approximate surface area is 89.2 Å². The van der Waals surface area contributed by atoms with E-state index in [0.717, 1.165) is 0 Å². The van der Waals surface area contributed by atoms with Gasteiger partial charge in [0.25, 0.3) is 0 Å². The van der Waals surface area contributed by atoms with Crippen molar-refractivity contribution in [3.8, 4) is 0 Å². The molecule has 0 saturated carbocycles. The van der Waals surface area contributed by atoms with E-state index in [1.54, 1.807) is 0 Å². The molecule has 86 valence electrons. The number of aliphatic hydroxyl groups excluding tert-OH is 1. The minimum atomic E-state index is -0.396. The summed E-state index contributed by atoms with van der Waals surface area (Å²) in [5.74, 6) is -0.237. The van der Waals surface area contributed by atoms with E-state index in [4.69, 9.17) is 5.11 Å². The van der Waals surface area contributed by atoms with Gasteiger partial charge in [-0.1, -0.05) is 13.8 Å². The van der Waals surface area contributed by atoms with Crippen LogP contribution in [0.25, 0.3) is 0 Å². The van der Waals surface area contributed by atoms with Gasteiger partial charge in [0.2, 0.25) is 11.8 Å². The van der Waals surface area contributed by atoms with E-state index >= 15 is 0 Å². The number of hydrogen-bond acceptors (Lipinski definition) is 3. The molecule has 5 nitrogen and oxygen atoms in total. The Kier molecular flexibility index (Phi) is 3.68. The van der Waals surface area contributed by atoms with E-state index in [-0.39, 0.29) is 23.8 Å². The molecule has 0 bridgehead atoms. The molecule has 0 aromatic heterocycles. The van der Waals surface area contributed by atoms with Crippen molar-refractivity contribution in [3.63, 3.8) is 0 Å². The summed E-state index contributed by atoms with van der Waals surface area (Å²) in [6.45, 7) is 4.15. The van der Waals surface area contributed by atoms with Crippen molar-refractivity contribution in [1.82, 2.24) is 10.6 Å². The summed E-state index contributed by atoms with van der Waals surface area (Å²) in [6.07, 6.45) is 0.978. The predicted octanol–water partition coefficient (Wildman–Crippen LogP) is -0.600. The molecule has 1 aliphatic rings. The first kappa shape index (κ1) is 12.0. The summed E-state index contributed by atoms with van der Waals surface area (Å²) in [7, 11) is 0. The minimum Gasteiger partial charge on any atom is -0.396 e. The van der Waals surface area contributed by atoms with Crippen LogP contribution in [0.3, 0.4) is 0 Å². The first-order valence-electron chi connectivity index (χ1n) is 5.12. The van der Waals surface area contributed by atoms with Crippen LogP contribution in [0, 0.1) is 5.41 Å². The van der Waals surface area contributed by atoms with Crippen molar-refractivity contribution in [3.05, 3.63) is 0 Å². The maximum atomic E-state index is 11.5. The van der Waals surface area contributed by atoms with Gasteiger partial charge in [-0.2, -0.15) is 0 Å². The normalized spacial score (nSPS) is 21.3. The largest absolute Gasteiger partial charge is 0.396 e. The SMILES string of the molecule is CC(C)(CO)CNC(=O)[C@@H]1CCC(=O)N1. The number of carbonyl (C=O) groups excluding carboxylic acids is 2. The molecule has 1 aliphatic heterocycles.